The summed E-state index contributed by atoms with van der Waals surface area (Å²) in [6.45, 7) is 0.305. The lowest BCUT2D eigenvalue weighted by Crippen LogP contribution is -2.34. The van der Waals surface area contributed by atoms with Gasteiger partial charge in [-0.2, -0.15) is 0 Å². The van der Waals surface area contributed by atoms with Gasteiger partial charge in [0, 0.05) is 25.9 Å². The van der Waals surface area contributed by atoms with E-state index < -0.39 is 10.0 Å². The van der Waals surface area contributed by atoms with E-state index in [1.54, 1.807) is 12.1 Å². The summed E-state index contributed by atoms with van der Waals surface area (Å²) in [4.78, 5) is 19.7. The van der Waals surface area contributed by atoms with Gasteiger partial charge >= 0.3 is 0 Å². The number of rotatable bonds is 9. The Bertz CT molecular complexity index is 1010. The molecule has 0 saturated carbocycles. The van der Waals surface area contributed by atoms with Crippen molar-refractivity contribution in [3.8, 4) is 5.75 Å². The number of H-pyrrole nitrogens is 1. The van der Waals surface area contributed by atoms with Gasteiger partial charge in [0.2, 0.25) is 15.9 Å². The Labute approximate surface area is 163 Å². The molecule has 8 nitrogen and oxygen atoms in total. The van der Waals surface area contributed by atoms with Gasteiger partial charge in [-0.1, -0.05) is 12.1 Å². The first kappa shape index (κ1) is 19.8. The number of benzene rings is 2. The van der Waals surface area contributed by atoms with Crippen LogP contribution in [-0.4, -0.2) is 44.5 Å². The van der Waals surface area contributed by atoms with Gasteiger partial charge in [0.25, 0.3) is 0 Å². The number of carbonyl (C=O) groups excluding carboxylic acids is 1. The Balaban J connectivity index is 1.40. The number of carbonyl (C=O) groups is 1. The molecule has 28 heavy (non-hydrogen) atoms. The zero-order valence-electron chi connectivity index (χ0n) is 15.4. The molecule has 0 saturated heterocycles. The van der Waals surface area contributed by atoms with Crippen LogP contribution >= 0.6 is 0 Å². The molecule has 0 spiro atoms. The van der Waals surface area contributed by atoms with E-state index in [9.17, 15) is 13.2 Å². The van der Waals surface area contributed by atoms with E-state index >= 15 is 0 Å². The molecule has 0 fully saturated rings. The number of fused-ring (bicyclic) bond motifs is 1. The van der Waals surface area contributed by atoms with E-state index in [-0.39, 0.29) is 30.3 Å². The average molecular weight is 402 g/mol. The number of hydrogen-bond donors (Lipinski definition) is 3. The normalized spacial score (nSPS) is 11.5. The lowest BCUT2D eigenvalue weighted by molar-refractivity contribution is -0.121. The van der Waals surface area contributed by atoms with Crippen LogP contribution in [0.25, 0.3) is 11.0 Å². The van der Waals surface area contributed by atoms with Gasteiger partial charge in [-0.3, -0.25) is 4.79 Å². The third-order valence-electron chi connectivity index (χ3n) is 4.14. The molecule has 0 aliphatic carbocycles. The lowest BCUT2D eigenvalue weighted by Gasteiger charge is -2.08. The minimum absolute atomic E-state index is 0.102. The molecule has 0 radical (unpaired) electrons. The molecule has 0 bridgehead atoms. The van der Waals surface area contributed by atoms with Crippen molar-refractivity contribution in [2.45, 2.75) is 17.7 Å². The number of aromatic nitrogens is 2. The zero-order valence-corrected chi connectivity index (χ0v) is 16.3. The fourth-order valence-corrected chi connectivity index (χ4v) is 3.70. The summed E-state index contributed by atoms with van der Waals surface area (Å²) in [6, 6.07) is 13.8. The molecule has 1 amide bonds. The second-order valence-electron chi connectivity index (χ2n) is 6.12. The standard InChI is InChI=1S/C19H22N4O4S/c1-27-14-6-8-15(9-7-14)28(25,26)21-13-12-20-19(24)11-10-18-22-16-4-2-3-5-17(16)23-18/h2-9,21H,10-13H2,1H3,(H,20,24)(H,22,23). The minimum atomic E-state index is -3.63. The number of aryl methyl sites for hydroxylation is 1. The van der Waals surface area contributed by atoms with E-state index in [0.717, 1.165) is 16.9 Å². The van der Waals surface area contributed by atoms with Crippen LogP contribution in [0.15, 0.2) is 53.4 Å². The van der Waals surface area contributed by atoms with Crippen molar-refractivity contribution < 1.29 is 17.9 Å². The van der Waals surface area contributed by atoms with E-state index in [1.165, 1.54) is 19.2 Å². The Morgan fingerprint density at radius 1 is 1.11 bits per heavy atom. The van der Waals surface area contributed by atoms with E-state index in [4.69, 9.17) is 4.74 Å². The Morgan fingerprint density at radius 2 is 1.86 bits per heavy atom. The minimum Gasteiger partial charge on any atom is -0.497 e. The Morgan fingerprint density at radius 3 is 2.57 bits per heavy atom. The largest absolute Gasteiger partial charge is 0.497 e. The molecule has 9 heteroatoms. The second-order valence-corrected chi connectivity index (χ2v) is 7.89. The third-order valence-corrected chi connectivity index (χ3v) is 5.61. The van der Waals surface area contributed by atoms with E-state index in [0.29, 0.717) is 12.2 Å². The molecule has 0 atom stereocenters. The van der Waals surface area contributed by atoms with Gasteiger partial charge in [0.15, 0.2) is 0 Å². The van der Waals surface area contributed by atoms with Crippen molar-refractivity contribution in [2.75, 3.05) is 20.2 Å². The highest BCUT2D eigenvalue weighted by atomic mass is 32.2. The number of para-hydroxylation sites is 2. The van der Waals surface area contributed by atoms with Gasteiger partial charge in [0.1, 0.15) is 11.6 Å². The molecular weight excluding hydrogens is 380 g/mol. The number of sulfonamides is 1. The van der Waals surface area contributed by atoms with Crippen molar-refractivity contribution in [2.24, 2.45) is 0 Å². The second kappa shape index (κ2) is 8.85. The highest BCUT2D eigenvalue weighted by Crippen LogP contribution is 2.15. The number of amides is 1. The lowest BCUT2D eigenvalue weighted by atomic mass is 10.3. The number of imidazole rings is 1. The fourth-order valence-electron chi connectivity index (χ4n) is 2.67. The Hall–Kier alpha value is -2.91. The number of nitrogens with one attached hydrogen (secondary N) is 3. The number of methoxy groups -OCH3 is 1. The number of aromatic amines is 1. The highest BCUT2D eigenvalue weighted by molar-refractivity contribution is 7.89. The van der Waals surface area contributed by atoms with E-state index in [1.807, 2.05) is 24.3 Å². The van der Waals surface area contributed by atoms with Crippen LogP contribution in [0.1, 0.15) is 12.2 Å². The quantitative estimate of drug-likeness (QED) is 0.471. The van der Waals surface area contributed by atoms with Gasteiger partial charge in [-0.25, -0.2) is 18.1 Å². The van der Waals surface area contributed by atoms with Crippen molar-refractivity contribution in [3.05, 3.63) is 54.4 Å². The zero-order chi connectivity index (χ0) is 20.0. The first-order valence-electron chi connectivity index (χ1n) is 8.82. The van der Waals surface area contributed by atoms with Crippen molar-refractivity contribution in [1.29, 1.82) is 0 Å². The van der Waals surface area contributed by atoms with Crippen molar-refractivity contribution in [3.63, 3.8) is 0 Å². The molecule has 3 N–H and O–H groups in total. The molecule has 3 rings (SSSR count). The third kappa shape index (κ3) is 5.08. The summed E-state index contributed by atoms with van der Waals surface area (Å²) in [5, 5.41) is 2.70. The fraction of sp³-hybridized carbons (Fsp3) is 0.263. The van der Waals surface area contributed by atoms with Crippen molar-refractivity contribution >= 4 is 27.0 Å². The van der Waals surface area contributed by atoms with Crippen LogP contribution in [-0.2, 0) is 21.2 Å². The van der Waals surface area contributed by atoms with Crippen molar-refractivity contribution in [1.82, 2.24) is 20.0 Å². The first-order valence-corrected chi connectivity index (χ1v) is 10.3. The van der Waals surface area contributed by atoms with Crippen LogP contribution in [0.5, 0.6) is 5.75 Å². The topological polar surface area (TPSA) is 113 Å². The summed E-state index contributed by atoms with van der Waals surface area (Å²) in [5.41, 5.74) is 1.80. The number of hydrogen-bond acceptors (Lipinski definition) is 5. The maximum absolute atomic E-state index is 12.2. The molecule has 0 aliphatic rings. The molecule has 0 aliphatic heterocycles. The molecular formula is C19H22N4O4S. The molecule has 2 aromatic carbocycles. The maximum atomic E-state index is 12.2. The SMILES string of the molecule is COc1ccc(S(=O)(=O)NCCNC(=O)CCc2nc3ccccc3[nH]2)cc1. The number of nitrogens with zero attached hydrogens (tertiary/aromatic N) is 1. The molecule has 0 unspecified atom stereocenters. The van der Waals surface area contributed by atoms with Crippen LogP contribution in [0.2, 0.25) is 0 Å². The highest BCUT2D eigenvalue weighted by Gasteiger charge is 2.13. The van der Waals surface area contributed by atoms with Gasteiger partial charge in [0.05, 0.1) is 23.0 Å². The summed E-state index contributed by atoms with van der Waals surface area (Å²) >= 11 is 0. The Kier molecular flexibility index (Phi) is 6.27. The molecule has 1 heterocycles. The van der Waals surface area contributed by atoms with Gasteiger partial charge in [-0.05, 0) is 36.4 Å². The summed E-state index contributed by atoms with van der Waals surface area (Å²) < 4.78 is 31.9. The predicted octanol–water partition coefficient (Wildman–Crippen LogP) is 1.60. The van der Waals surface area contributed by atoms with Crippen LogP contribution in [0.4, 0.5) is 0 Å². The molecule has 3 aromatic rings. The summed E-state index contributed by atoms with van der Waals surface area (Å²) in [7, 11) is -2.11. The summed E-state index contributed by atoms with van der Waals surface area (Å²) in [6.07, 6.45) is 0.753. The molecule has 1 aromatic heterocycles. The van der Waals surface area contributed by atoms with Gasteiger partial charge < -0.3 is 15.0 Å². The number of ether oxygens (including phenoxy) is 1. The van der Waals surface area contributed by atoms with Gasteiger partial charge in [-0.15, -0.1) is 0 Å². The summed E-state index contributed by atoms with van der Waals surface area (Å²) in [5.74, 6) is 1.16. The maximum Gasteiger partial charge on any atom is 0.240 e. The smallest absolute Gasteiger partial charge is 0.240 e. The first-order chi connectivity index (χ1) is 13.5. The molecule has 148 valence electrons. The van der Waals surface area contributed by atoms with E-state index in [2.05, 4.69) is 20.0 Å². The van der Waals surface area contributed by atoms with Crippen LogP contribution < -0.4 is 14.8 Å². The monoisotopic (exact) mass is 402 g/mol. The average Bonchev–Trinajstić information content (AvgIpc) is 3.13. The predicted molar refractivity (Wildman–Crippen MR) is 106 cm³/mol. The van der Waals surface area contributed by atoms with Crippen LogP contribution in [0, 0.1) is 0 Å². The van der Waals surface area contributed by atoms with Crippen LogP contribution in [0.3, 0.4) is 0 Å².